The summed E-state index contributed by atoms with van der Waals surface area (Å²) in [7, 11) is 0. The summed E-state index contributed by atoms with van der Waals surface area (Å²) in [6.45, 7) is 2.03. The Hall–Kier alpha value is -1.58. The molecule has 0 spiro atoms. The van der Waals surface area contributed by atoms with E-state index in [-0.39, 0.29) is 5.75 Å². The Morgan fingerprint density at radius 2 is 1.58 bits per heavy atom. The lowest BCUT2D eigenvalue weighted by molar-refractivity contribution is 0.480. The maximum atomic E-state index is 9.91. The fourth-order valence-corrected chi connectivity index (χ4v) is 2.39. The molecule has 19 heavy (non-hydrogen) atoms. The molecule has 0 saturated carbocycles. The van der Waals surface area contributed by atoms with E-state index < -0.39 is 0 Å². The topological polar surface area (TPSA) is 46.0 Å². The minimum atomic E-state index is 0.118. The van der Waals surface area contributed by atoms with Crippen molar-refractivity contribution in [2.24, 2.45) is 0 Å². The second kappa shape index (κ2) is 4.51. The molecular formula is C14H10Cl2N2O. The highest BCUT2D eigenvalue weighted by molar-refractivity contribution is 6.42. The average Bonchev–Trinajstić information content (AvgIpc) is 2.39. The quantitative estimate of drug-likeness (QED) is 0.678. The van der Waals surface area contributed by atoms with Crippen LogP contribution in [0.2, 0.25) is 10.0 Å². The molecule has 5 heteroatoms. The van der Waals surface area contributed by atoms with Crippen molar-refractivity contribution in [3.63, 3.8) is 0 Å². The number of hydrogen-bond donors (Lipinski definition) is 1. The molecule has 1 N–H and O–H groups in total. The third-order valence-electron chi connectivity index (χ3n) is 3.08. The van der Waals surface area contributed by atoms with Gasteiger partial charge in [0.05, 0.1) is 26.6 Å². The number of aromatic hydroxyl groups is 1. The zero-order chi connectivity index (χ0) is 13.6. The molecule has 0 unspecified atom stereocenters. The Kier molecular flexibility index (Phi) is 2.96. The van der Waals surface area contributed by atoms with Crippen LogP contribution in [0.1, 0.15) is 12.5 Å². The average molecular weight is 293 g/mol. The Bertz CT molecular complexity index is 802. The zero-order valence-corrected chi connectivity index (χ0v) is 11.6. The van der Waals surface area contributed by atoms with Gasteiger partial charge in [0.15, 0.2) is 0 Å². The van der Waals surface area contributed by atoms with Gasteiger partial charge in [0.25, 0.3) is 0 Å². The van der Waals surface area contributed by atoms with Gasteiger partial charge < -0.3 is 5.11 Å². The van der Waals surface area contributed by atoms with E-state index >= 15 is 0 Å². The molecule has 0 amide bonds. The van der Waals surface area contributed by atoms with Crippen molar-refractivity contribution in [2.45, 2.75) is 13.3 Å². The highest BCUT2D eigenvalue weighted by Gasteiger charge is 2.11. The van der Waals surface area contributed by atoms with Gasteiger partial charge >= 0.3 is 0 Å². The highest BCUT2D eigenvalue weighted by atomic mass is 35.5. The first-order valence-corrected chi connectivity index (χ1v) is 6.63. The molecule has 96 valence electrons. The number of rotatable bonds is 1. The third-order valence-corrected chi connectivity index (χ3v) is 3.80. The monoisotopic (exact) mass is 292 g/mol. The first-order chi connectivity index (χ1) is 9.10. The Morgan fingerprint density at radius 3 is 2.16 bits per heavy atom. The minimum Gasteiger partial charge on any atom is -0.506 e. The zero-order valence-electron chi connectivity index (χ0n) is 10.1. The predicted molar refractivity (Wildman–Crippen MR) is 78.1 cm³/mol. The largest absolute Gasteiger partial charge is 0.506 e. The third kappa shape index (κ3) is 1.99. The molecule has 0 radical (unpaired) electrons. The molecule has 3 aromatic rings. The van der Waals surface area contributed by atoms with Gasteiger partial charge in [-0.25, -0.2) is 9.97 Å². The Balaban J connectivity index is 2.47. The second-order valence-electron chi connectivity index (χ2n) is 4.27. The van der Waals surface area contributed by atoms with Crippen molar-refractivity contribution >= 4 is 45.3 Å². The number of phenolic OH excluding ortho intramolecular Hbond substituents is 1. The van der Waals surface area contributed by atoms with Gasteiger partial charge in [0.1, 0.15) is 11.3 Å². The molecule has 0 fully saturated rings. The summed E-state index contributed by atoms with van der Waals surface area (Å²) in [5, 5.41) is 10.8. The first-order valence-electron chi connectivity index (χ1n) is 5.87. The van der Waals surface area contributed by atoms with Crippen LogP contribution in [0.4, 0.5) is 0 Å². The van der Waals surface area contributed by atoms with E-state index in [2.05, 4.69) is 9.97 Å². The predicted octanol–water partition coefficient (Wildman–Crippen LogP) is 4.36. The van der Waals surface area contributed by atoms with Crippen LogP contribution in [0.5, 0.6) is 5.75 Å². The van der Waals surface area contributed by atoms with Crippen LogP contribution in [0.3, 0.4) is 0 Å². The van der Waals surface area contributed by atoms with E-state index in [1.165, 1.54) is 0 Å². The molecular weight excluding hydrogens is 283 g/mol. The Morgan fingerprint density at radius 1 is 1.00 bits per heavy atom. The van der Waals surface area contributed by atoms with Gasteiger partial charge in [-0.15, -0.1) is 0 Å². The van der Waals surface area contributed by atoms with Gasteiger partial charge in [0, 0.05) is 0 Å². The van der Waals surface area contributed by atoms with E-state index in [0.717, 1.165) is 12.0 Å². The summed E-state index contributed by atoms with van der Waals surface area (Å²) in [4.78, 5) is 8.98. The van der Waals surface area contributed by atoms with Crippen LogP contribution in [0.15, 0.2) is 24.3 Å². The SMILES string of the molecule is CCc1ccc(O)c2nc3cc(Cl)c(Cl)cc3nc12. The van der Waals surface area contributed by atoms with Crippen molar-refractivity contribution < 1.29 is 5.11 Å². The number of aromatic nitrogens is 2. The van der Waals surface area contributed by atoms with Crippen molar-refractivity contribution in [1.29, 1.82) is 0 Å². The smallest absolute Gasteiger partial charge is 0.143 e. The Labute approximate surface area is 119 Å². The summed E-state index contributed by atoms with van der Waals surface area (Å²) < 4.78 is 0. The number of hydrogen-bond acceptors (Lipinski definition) is 3. The van der Waals surface area contributed by atoms with Crippen LogP contribution in [-0.2, 0) is 6.42 Å². The van der Waals surface area contributed by atoms with E-state index in [0.29, 0.717) is 32.1 Å². The first kappa shape index (κ1) is 12.5. The van der Waals surface area contributed by atoms with E-state index in [4.69, 9.17) is 23.2 Å². The molecule has 0 aliphatic carbocycles. The van der Waals surface area contributed by atoms with Crippen LogP contribution in [0, 0.1) is 0 Å². The summed E-state index contributed by atoms with van der Waals surface area (Å²) >= 11 is 12.0. The number of nitrogens with zero attached hydrogens (tertiary/aromatic N) is 2. The van der Waals surface area contributed by atoms with Gasteiger partial charge in [-0.3, -0.25) is 0 Å². The molecule has 0 bridgehead atoms. The van der Waals surface area contributed by atoms with Crippen LogP contribution < -0.4 is 0 Å². The number of aryl methyl sites for hydroxylation is 1. The van der Waals surface area contributed by atoms with Crippen LogP contribution >= 0.6 is 23.2 Å². The summed E-state index contributed by atoms with van der Waals surface area (Å²) in [5.41, 5.74) is 3.51. The maximum absolute atomic E-state index is 9.91. The molecule has 1 aromatic heterocycles. The van der Waals surface area contributed by atoms with Gasteiger partial charge in [-0.05, 0) is 30.2 Å². The molecule has 2 aromatic carbocycles. The lowest BCUT2D eigenvalue weighted by Gasteiger charge is -2.07. The minimum absolute atomic E-state index is 0.118. The van der Waals surface area contributed by atoms with Gasteiger partial charge in [0.2, 0.25) is 0 Å². The second-order valence-corrected chi connectivity index (χ2v) is 5.09. The van der Waals surface area contributed by atoms with Crippen molar-refractivity contribution in [1.82, 2.24) is 9.97 Å². The van der Waals surface area contributed by atoms with Crippen molar-refractivity contribution in [2.75, 3.05) is 0 Å². The number of benzene rings is 2. The van der Waals surface area contributed by atoms with Crippen LogP contribution in [-0.4, -0.2) is 15.1 Å². The fraction of sp³-hybridized carbons (Fsp3) is 0.143. The van der Waals surface area contributed by atoms with Crippen LogP contribution in [0.25, 0.3) is 22.1 Å². The lowest BCUT2D eigenvalue weighted by atomic mass is 10.1. The fourth-order valence-electron chi connectivity index (χ4n) is 2.08. The summed E-state index contributed by atoms with van der Waals surface area (Å²) in [6, 6.07) is 6.84. The summed E-state index contributed by atoms with van der Waals surface area (Å²) in [6.07, 6.45) is 0.818. The normalized spacial score (nSPS) is 11.3. The standard InChI is InChI=1S/C14H10Cl2N2O/c1-2-7-3-4-12(19)14-13(7)17-10-5-8(15)9(16)6-11(10)18-14/h3-6,19H,2H2,1H3. The molecule has 0 saturated heterocycles. The maximum Gasteiger partial charge on any atom is 0.143 e. The van der Waals surface area contributed by atoms with E-state index in [9.17, 15) is 5.11 Å². The molecule has 3 rings (SSSR count). The van der Waals surface area contributed by atoms with Gasteiger partial charge in [-0.1, -0.05) is 36.2 Å². The number of phenols is 1. The van der Waals surface area contributed by atoms with E-state index in [1.54, 1.807) is 18.2 Å². The number of halogens is 2. The van der Waals surface area contributed by atoms with Crippen molar-refractivity contribution in [3.8, 4) is 5.75 Å². The summed E-state index contributed by atoms with van der Waals surface area (Å²) in [5.74, 6) is 0.118. The molecule has 0 aliphatic rings. The van der Waals surface area contributed by atoms with Crippen molar-refractivity contribution in [3.05, 3.63) is 39.9 Å². The highest BCUT2D eigenvalue weighted by Crippen LogP contribution is 2.30. The number of fused-ring (bicyclic) bond motifs is 2. The van der Waals surface area contributed by atoms with Gasteiger partial charge in [-0.2, -0.15) is 0 Å². The molecule has 0 atom stereocenters. The van der Waals surface area contributed by atoms with E-state index in [1.807, 2.05) is 13.0 Å². The molecule has 1 heterocycles. The lowest BCUT2D eigenvalue weighted by Crippen LogP contribution is -1.93. The molecule has 0 aliphatic heterocycles. The molecule has 3 nitrogen and oxygen atoms in total.